The molecule has 0 saturated carbocycles. The molecule has 2 amide bonds. The summed E-state index contributed by atoms with van der Waals surface area (Å²) in [7, 11) is 0. The molecule has 4 nitrogen and oxygen atoms in total. The highest BCUT2D eigenvalue weighted by Gasteiger charge is 2.12. The van der Waals surface area contributed by atoms with Crippen LogP contribution in [-0.2, 0) is 0 Å². The number of hydrogen-bond acceptors (Lipinski definition) is 2. The van der Waals surface area contributed by atoms with E-state index < -0.39 is 0 Å². The van der Waals surface area contributed by atoms with E-state index in [0.717, 1.165) is 17.1 Å². The molecule has 0 saturated heterocycles. The summed E-state index contributed by atoms with van der Waals surface area (Å²) in [6.07, 6.45) is 1.74. The minimum Gasteiger partial charge on any atom is -0.457 e. The monoisotopic (exact) mass is 324 g/mol. The second kappa shape index (κ2) is 7.68. The molecule has 0 radical (unpaired) electrons. The van der Waals surface area contributed by atoms with Crippen LogP contribution in [0.3, 0.4) is 0 Å². The number of carbonyl (C=O) groups excluding carboxylic acids is 1. The maximum atomic E-state index is 11.9. The van der Waals surface area contributed by atoms with Crippen molar-refractivity contribution in [2.75, 3.05) is 5.32 Å². The van der Waals surface area contributed by atoms with Crippen molar-refractivity contribution < 1.29 is 9.53 Å². The van der Waals surface area contributed by atoms with Gasteiger partial charge in [0.1, 0.15) is 11.5 Å². The van der Waals surface area contributed by atoms with Gasteiger partial charge in [0.25, 0.3) is 0 Å². The van der Waals surface area contributed by atoms with Gasteiger partial charge in [-0.1, -0.05) is 44.5 Å². The fourth-order valence-corrected chi connectivity index (χ4v) is 1.79. The molecule has 0 bridgehead atoms. The average molecular weight is 324 g/mol. The zero-order valence-corrected chi connectivity index (χ0v) is 14.6. The van der Waals surface area contributed by atoms with E-state index in [-0.39, 0.29) is 11.4 Å². The predicted molar refractivity (Wildman–Crippen MR) is 98.3 cm³/mol. The Morgan fingerprint density at radius 1 is 0.958 bits per heavy atom. The summed E-state index contributed by atoms with van der Waals surface area (Å²) in [5.41, 5.74) is 1.84. The number of hydrogen-bond donors (Lipinski definition) is 2. The summed E-state index contributed by atoms with van der Waals surface area (Å²) in [6.45, 7) is 8.30. The number of carbonyl (C=O) groups is 1. The minimum atomic E-state index is -0.268. The lowest BCUT2D eigenvalue weighted by atomic mass is 9.88. The Morgan fingerprint density at radius 2 is 1.54 bits per heavy atom. The van der Waals surface area contributed by atoms with Crippen LogP contribution >= 0.6 is 0 Å². The predicted octanol–water partition coefficient (Wildman–Crippen LogP) is 5.55. The van der Waals surface area contributed by atoms with Crippen molar-refractivity contribution in [1.82, 2.24) is 5.32 Å². The second-order valence-electron chi connectivity index (χ2n) is 6.62. The standard InChI is InChI=1S/C20H24N2O2/c1-15(20(2,3)4)14-21-19(23)22-16-10-12-18(13-11-16)24-17-8-6-5-7-9-17/h5-14H,1-4H3,(H2,21,22,23)/b15-14+. The van der Waals surface area contributed by atoms with Gasteiger partial charge in [-0.2, -0.15) is 0 Å². The first kappa shape index (κ1) is 17.6. The van der Waals surface area contributed by atoms with Gasteiger partial charge in [0, 0.05) is 11.9 Å². The summed E-state index contributed by atoms with van der Waals surface area (Å²) in [4.78, 5) is 11.9. The maximum absolute atomic E-state index is 11.9. The van der Waals surface area contributed by atoms with E-state index >= 15 is 0 Å². The Bertz CT molecular complexity index is 699. The fraction of sp³-hybridized carbons (Fsp3) is 0.250. The lowest BCUT2D eigenvalue weighted by molar-refractivity contribution is 0.255. The molecular formula is C20H24N2O2. The highest BCUT2D eigenvalue weighted by atomic mass is 16.5. The lowest BCUT2D eigenvalue weighted by Crippen LogP contribution is -2.25. The SMILES string of the molecule is C/C(=C\NC(=O)Nc1ccc(Oc2ccccc2)cc1)C(C)(C)C. The van der Waals surface area contributed by atoms with E-state index in [9.17, 15) is 4.79 Å². The van der Waals surface area contributed by atoms with Crippen LogP contribution in [0.5, 0.6) is 11.5 Å². The summed E-state index contributed by atoms with van der Waals surface area (Å²) in [6, 6.07) is 16.5. The Balaban J connectivity index is 1.91. The summed E-state index contributed by atoms with van der Waals surface area (Å²) in [5.74, 6) is 1.49. The van der Waals surface area contributed by atoms with Crippen LogP contribution in [-0.4, -0.2) is 6.03 Å². The summed E-state index contributed by atoms with van der Waals surface area (Å²) >= 11 is 0. The molecule has 0 atom stereocenters. The number of para-hydroxylation sites is 1. The van der Waals surface area contributed by atoms with Crippen LogP contribution in [0, 0.1) is 5.41 Å². The van der Waals surface area contributed by atoms with Crippen molar-refractivity contribution in [1.29, 1.82) is 0 Å². The van der Waals surface area contributed by atoms with E-state index in [2.05, 4.69) is 31.4 Å². The zero-order valence-electron chi connectivity index (χ0n) is 14.6. The van der Waals surface area contributed by atoms with Gasteiger partial charge in [0.2, 0.25) is 0 Å². The third-order valence-corrected chi connectivity index (χ3v) is 3.69. The van der Waals surface area contributed by atoms with Gasteiger partial charge in [0.15, 0.2) is 0 Å². The third kappa shape index (κ3) is 5.47. The number of amides is 2. The fourth-order valence-electron chi connectivity index (χ4n) is 1.79. The van der Waals surface area contributed by atoms with Crippen LogP contribution in [0.15, 0.2) is 66.4 Å². The van der Waals surface area contributed by atoms with Gasteiger partial charge in [0.05, 0.1) is 0 Å². The van der Waals surface area contributed by atoms with Crippen molar-refractivity contribution in [3.05, 3.63) is 66.4 Å². The lowest BCUT2D eigenvalue weighted by Gasteiger charge is -2.19. The minimum absolute atomic E-state index is 0.0315. The van der Waals surface area contributed by atoms with Gasteiger partial charge in [-0.15, -0.1) is 0 Å². The van der Waals surface area contributed by atoms with Crippen molar-refractivity contribution >= 4 is 11.7 Å². The molecule has 2 rings (SSSR count). The average Bonchev–Trinajstić information content (AvgIpc) is 2.54. The third-order valence-electron chi connectivity index (χ3n) is 3.69. The zero-order chi connectivity index (χ0) is 17.6. The molecular weight excluding hydrogens is 300 g/mol. The molecule has 2 aromatic rings. The van der Waals surface area contributed by atoms with E-state index in [1.807, 2.05) is 49.4 Å². The number of anilines is 1. The first-order valence-corrected chi connectivity index (χ1v) is 7.92. The maximum Gasteiger partial charge on any atom is 0.323 e. The number of ether oxygens (including phenoxy) is 1. The van der Waals surface area contributed by atoms with Crippen LogP contribution in [0.4, 0.5) is 10.5 Å². The summed E-state index contributed by atoms with van der Waals surface area (Å²) in [5, 5.41) is 5.54. The second-order valence-corrected chi connectivity index (χ2v) is 6.62. The van der Waals surface area contributed by atoms with Gasteiger partial charge in [-0.25, -0.2) is 4.79 Å². The number of rotatable bonds is 4. The Kier molecular flexibility index (Phi) is 5.64. The molecule has 0 aromatic heterocycles. The van der Waals surface area contributed by atoms with Gasteiger partial charge in [-0.3, -0.25) is 0 Å². The smallest absolute Gasteiger partial charge is 0.323 e. The molecule has 0 aliphatic heterocycles. The van der Waals surface area contributed by atoms with Gasteiger partial charge in [-0.05, 0) is 48.7 Å². The van der Waals surface area contributed by atoms with Crippen LogP contribution in [0.2, 0.25) is 0 Å². The molecule has 24 heavy (non-hydrogen) atoms. The number of nitrogens with one attached hydrogen (secondary N) is 2. The van der Waals surface area contributed by atoms with E-state index in [1.54, 1.807) is 18.3 Å². The molecule has 2 aromatic carbocycles. The number of allylic oxidation sites excluding steroid dienone is 1. The topological polar surface area (TPSA) is 50.4 Å². The largest absolute Gasteiger partial charge is 0.457 e. The van der Waals surface area contributed by atoms with E-state index in [0.29, 0.717) is 5.69 Å². The Labute approximate surface area is 143 Å². The van der Waals surface area contributed by atoms with Crippen molar-refractivity contribution in [3.63, 3.8) is 0 Å². The van der Waals surface area contributed by atoms with E-state index in [1.165, 1.54) is 0 Å². The molecule has 0 aliphatic carbocycles. The summed E-state index contributed by atoms with van der Waals surface area (Å²) < 4.78 is 5.72. The quantitative estimate of drug-likeness (QED) is 0.774. The Hall–Kier alpha value is -2.75. The number of benzene rings is 2. The molecule has 126 valence electrons. The van der Waals surface area contributed by atoms with Crippen LogP contribution in [0.1, 0.15) is 27.7 Å². The van der Waals surface area contributed by atoms with Gasteiger partial charge >= 0.3 is 6.03 Å². The van der Waals surface area contributed by atoms with Crippen molar-refractivity contribution in [3.8, 4) is 11.5 Å². The van der Waals surface area contributed by atoms with Gasteiger partial charge < -0.3 is 15.4 Å². The first-order chi connectivity index (χ1) is 11.3. The molecule has 0 unspecified atom stereocenters. The Morgan fingerprint density at radius 3 is 2.12 bits per heavy atom. The van der Waals surface area contributed by atoms with Crippen LogP contribution in [0.25, 0.3) is 0 Å². The highest BCUT2D eigenvalue weighted by molar-refractivity contribution is 5.89. The number of urea groups is 1. The molecule has 4 heteroatoms. The molecule has 0 aliphatic rings. The van der Waals surface area contributed by atoms with Crippen molar-refractivity contribution in [2.24, 2.45) is 5.41 Å². The van der Waals surface area contributed by atoms with Crippen molar-refractivity contribution in [2.45, 2.75) is 27.7 Å². The molecule has 0 fully saturated rings. The molecule has 0 spiro atoms. The highest BCUT2D eigenvalue weighted by Crippen LogP contribution is 2.24. The first-order valence-electron chi connectivity index (χ1n) is 7.92. The van der Waals surface area contributed by atoms with E-state index in [4.69, 9.17) is 4.74 Å². The molecule has 2 N–H and O–H groups in total. The normalized spacial score (nSPS) is 11.8. The molecule has 0 heterocycles. The van der Waals surface area contributed by atoms with Crippen LogP contribution < -0.4 is 15.4 Å².